The van der Waals surface area contributed by atoms with Gasteiger partial charge in [-0.05, 0) is 37.4 Å². The van der Waals surface area contributed by atoms with Crippen LogP contribution in [0.5, 0.6) is 0 Å². The smallest absolute Gasteiger partial charge is 0.167 e. The van der Waals surface area contributed by atoms with Crippen molar-refractivity contribution in [3.63, 3.8) is 0 Å². The fraction of sp³-hybridized carbons (Fsp3) is 0.381. The van der Waals surface area contributed by atoms with E-state index < -0.39 is 0 Å². The number of rotatable bonds is 5. The highest BCUT2D eigenvalue weighted by Gasteiger charge is 2.19. The van der Waals surface area contributed by atoms with Crippen LogP contribution in [-0.2, 0) is 13.0 Å². The lowest BCUT2D eigenvalue weighted by molar-refractivity contribution is 0.0992. The Balaban J connectivity index is 1.74. The molecule has 2 heteroatoms. The molecule has 1 atom stereocenters. The molecule has 0 N–H and O–H groups in total. The molecule has 1 fully saturated rings. The van der Waals surface area contributed by atoms with Gasteiger partial charge in [0, 0.05) is 24.6 Å². The molecule has 1 heterocycles. The number of carbonyl (C=O) groups is 1. The zero-order valence-corrected chi connectivity index (χ0v) is 13.9. The largest absolute Gasteiger partial charge is 0.296 e. The molecule has 23 heavy (non-hydrogen) atoms. The Hall–Kier alpha value is -1.93. The van der Waals surface area contributed by atoms with E-state index in [1.165, 1.54) is 36.9 Å². The maximum absolute atomic E-state index is 12.5. The summed E-state index contributed by atoms with van der Waals surface area (Å²) in [5, 5.41) is 0. The maximum atomic E-state index is 12.5. The van der Waals surface area contributed by atoms with Gasteiger partial charge in [0.2, 0.25) is 0 Å². The second-order valence-corrected chi connectivity index (χ2v) is 6.55. The van der Waals surface area contributed by atoms with Gasteiger partial charge in [-0.15, -0.1) is 0 Å². The maximum Gasteiger partial charge on any atom is 0.167 e. The van der Waals surface area contributed by atoms with E-state index in [1.54, 1.807) is 0 Å². The predicted molar refractivity (Wildman–Crippen MR) is 94.6 cm³/mol. The molecule has 0 unspecified atom stereocenters. The zero-order chi connectivity index (χ0) is 16.1. The molecule has 2 aromatic rings. The molecule has 0 aliphatic carbocycles. The van der Waals surface area contributed by atoms with Crippen molar-refractivity contribution in [2.24, 2.45) is 0 Å². The summed E-state index contributed by atoms with van der Waals surface area (Å²) in [4.78, 5) is 15.1. The molecule has 0 aromatic heterocycles. The minimum absolute atomic E-state index is 0.199. The fourth-order valence-electron chi connectivity index (χ4n) is 3.39. The van der Waals surface area contributed by atoms with Gasteiger partial charge in [0.25, 0.3) is 0 Å². The molecule has 0 radical (unpaired) electrons. The number of hydrogen-bond donors (Lipinski definition) is 0. The monoisotopic (exact) mass is 307 g/mol. The number of hydrogen-bond acceptors (Lipinski definition) is 2. The summed E-state index contributed by atoms with van der Waals surface area (Å²) in [5.41, 5.74) is 3.26. The van der Waals surface area contributed by atoms with Crippen molar-refractivity contribution in [2.75, 3.05) is 6.54 Å². The van der Waals surface area contributed by atoms with Gasteiger partial charge in [-0.1, -0.05) is 61.0 Å². The van der Waals surface area contributed by atoms with Crippen molar-refractivity contribution in [1.29, 1.82) is 0 Å². The van der Waals surface area contributed by atoms with Gasteiger partial charge in [0.05, 0.1) is 0 Å². The number of Topliss-reactive ketones (excluding diaryl/α,β-unsaturated/α-hetero) is 1. The average Bonchev–Trinajstić information content (AvgIpc) is 2.59. The van der Waals surface area contributed by atoms with Crippen molar-refractivity contribution in [1.82, 2.24) is 4.90 Å². The predicted octanol–water partition coefficient (Wildman–Crippen LogP) is 4.49. The van der Waals surface area contributed by atoms with Crippen LogP contribution in [0.15, 0.2) is 54.6 Å². The molecule has 0 amide bonds. The molecule has 1 saturated heterocycles. The van der Waals surface area contributed by atoms with Crippen molar-refractivity contribution in [3.8, 4) is 0 Å². The third-order valence-electron chi connectivity index (χ3n) is 4.88. The van der Waals surface area contributed by atoms with Crippen molar-refractivity contribution in [2.45, 2.75) is 45.2 Å². The first kappa shape index (κ1) is 15.9. The van der Waals surface area contributed by atoms with E-state index in [-0.39, 0.29) is 5.78 Å². The van der Waals surface area contributed by atoms with Crippen LogP contribution in [-0.4, -0.2) is 23.3 Å². The lowest BCUT2D eigenvalue weighted by Gasteiger charge is -2.33. The van der Waals surface area contributed by atoms with Gasteiger partial charge in [-0.25, -0.2) is 0 Å². The Bertz CT molecular complexity index is 650. The molecule has 1 aliphatic rings. The topological polar surface area (TPSA) is 20.3 Å². The molecule has 3 rings (SSSR count). The number of ketones is 1. The highest BCUT2D eigenvalue weighted by molar-refractivity contribution is 5.97. The summed E-state index contributed by atoms with van der Waals surface area (Å²) in [6, 6.07) is 18.6. The number of carbonyl (C=O) groups excluding carboxylic acids is 1. The minimum Gasteiger partial charge on any atom is -0.296 e. The number of likely N-dealkylation sites (tertiary alicyclic amines) is 1. The molecular formula is C21H25NO. The molecule has 0 bridgehead atoms. The highest BCUT2D eigenvalue weighted by Crippen LogP contribution is 2.21. The third-order valence-corrected chi connectivity index (χ3v) is 4.88. The lowest BCUT2D eigenvalue weighted by atomic mass is 9.97. The van der Waals surface area contributed by atoms with Crippen molar-refractivity contribution >= 4 is 5.78 Å². The SMILES string of the molecule is C[C@H]1CCCCN1Cc1ccccc1CC(=O)c1ccccc1. The van der Waals surface area contributed by atoms with Crippen LogP contribution in [0.1, 0.15) is 47.7 Å². The normalized spacial score (nSPS) is 18.7. The summed E-state index contributed by atoms with van der Waals surface area (Å²) >= 11 is 0. The van der Waals surface area contributed by atoms with Crippen LogP contribution in [0, 0.1) is 0 Å². The first-order valence-corrected chi connectivity index (χ1v) is 8.63. The number of piperidine rings is 1. The van der Waals surface area contributed by atoms with Crippen LogP contribution in [0.4, 0.5) is 0 Å². The van der Waals surface area contributed by atoms with E-state index >= 15 is 0 Å². The van der Waals surface area contributed by atoms with E-state index in [9.17, 15) is 4.79 Å². The highest BCUT2D eigenvalue weighted by atomic mass is 16.1. The van der Waals surface area contributed by atoms with Crippen LogP contribution < -0.4 is 0 Å². The average molecular weight is 307 g/mol. The number of benzene rings is 2. The van der Waals surface area contributed by atoms with Gasteiger partial charge in [-0.3, -0.25) is 9.69 Å². The van der Waals surface area contributed by atoms with Gasteiger partial charge in [0.1, 0.15) is 0 Å². The quantitative estimate of drug-likeness (QED) is 0.759. The zero-order valence-electron chi connectivity index (χ0n) is 13.9. The van der Waals surface area contributed by atoms with Crippen LogP contribution in [0.25, 0.3) is 0 Å². The van der Waals surface area contributed by atoms with Crippen molar-refractivity contribution in [3.05, 3.63) is 71.3 Å². The minimum atomic E-state index is 0.199. The Morgan fingerprint density at radius 1 is 1.00 bits per heavy atom. The Kier molecular flexibility index (Phi) is 5.24. The molecule has 120 valence electrons. The standard InChI is InChI=1S/C21H25NO/c1-17-9-7-8-14-22(17)16-20-13-6-5-12-19(20)15-21(23)18-10-3-2-4-11-18/h2-6,10-13,17H,7-9,14-16H2,1H3/t17-/m0/s1. The molecule has 0 spiro atoms. The Morgan fingerprint density at radius 2 is 1.70 bits per heavy atom. The first-order chi connectivity index (χ1) is 11.2. The van der Waals surface area contributed by atoms with E-state index in [0.717, 1.165) is 12.1 Å². The van der Waals surface area contributed by atoms with E-state index in [4.69, 9.17) is 0 Å². The van der Waals surface area contributed by atoms with Gasteiger partial charge in [-0.2, -0.15) is 0 Å². The van der Waals surface area contributed by atoms with E-state index in [0.29, 0.717) is 12.5 Å². The van der Waals surface area contributed by atoms with Gasteiger partial charge in [0.15, 0.2) is 5.78 Å². The second kappa shape index (κ2) is 7.56. The summed E-state index contributed by atoms with van der Waals surface area (Å²) in [6.45, 7) is 4.44. The summed E-state index contributed by atoms with van der Waals surface area (Å²) < 4.78 is 0. The van der Waals surface area contributed by atoms with Crippen LogP contribution in [0.2, 0.25) is 0 Å². The van der Waals surface area contributed by atoms with Crippen LogP contribution in [0.3, 0.4) is 0 Å². The first-order valence-electron chi connectivity index (χ1n) is 8.63. The molecule has 2 aromatic carbocycles. The summed E-state index contributed by atoms with van der Waals surface area (Å²) in [6.07, 6.45) is 4.40. The molecule has 0 saturated carbocycles. The molecule has 1 aliphatic heterocycles. The van der Waals surface area contributed by atoms with Crippen LogP contribution >= 0.6 is 0 Å². The van der Waals surface area contributed by atoms with Crippen molar-refractivity contribution < 1.29 is 4.79 Å². The van der Waals surface area contributed by atoms with Gasteiger partial charge < -0.3 is 0 Å². The van der Waals surface area contributed by atoms with E-state index in [1.807, 2.05) is 36.4 Å². The lowest BCUT2D eigenvalue weighted by Crippen LogP contribution is -2.37. The Labute approximate surface area is 139 Å². The fourth-order valence-corrected chi connectivity index (χ4v) is 3.39. The third kappa shape index (κ3) is 4.08. The van der Waals surface area contributed by atoms with E-state index in [2.05, 4.69) is 30.0 Å². The summed E-state index contributed by atoms with van der Waals surface area (Å²) in [7, 11) is 0. The summed E-state index contributed by atoms with van der Waals surface area (Å²) in [5.74, 6) is 0.199. The molecule has 2 nitrogen and oxygen atoms in total. The molecular weight excluding hydrogens is 282 g/mol. The Morgan fingerprint density at radius 3 is 2.43 bits per heavy atom. The number of nitrogens with zero attached hydrogens (tertiary/aromatic N) is 1. The van der Waals surface area contributed by atoms with Gasteiger partial charge >= 0.3 is 0 Å². The second-order valence-electron chi connectivity index (χ2n) is 6.55.